The van der Waals surface area contributed by atoms with Gasteiger partial charge in [0.2, 0.25) is 0 Å². The number of hydrogen-bond acceptors (Lipinski definition) is 4. The van der Waals surface area contributed by atoms with Crippen molar-refractivity contribution in [3.63, 3.8) is 0 Å². The highest BCUT2D eigenvalue weighted by molar-refractivity contribution is 7.13. The van der Waals surface area contributed by atoms with E-state index in [0.717, 1.165) is 32.8 Å². The topological polar surface area (TPSA) is 20.6 Å². The molecule has 0 amide bonds. The van der Waals surface area contributed by atoms with Crippen LogP contribution < -0.4 is 5.06 Å². The lowest BCUT2D eigenvalue weighted by molar-refractivity contribution is 0.0486. The largest absolute Gasteiger partial charge is 0.309 e. The summed E-state index contributed by atoms with van der Waals surface area (Å²) in [6.45, 7) is 8.80. The fourth-order valence-electron chi connectivity index (χ4n) is 3.47. The maximum absolute atomic E-state index is 6.22. The maximum Gasteiger partial charge on any atom is 0.126 e. The van der Waals surface area contributed by atoms with Gasteiger partial charge in [0.05, 0.1) is 18.8 Å². The van der Waals surface area contributed by atoms with Crippen molar-refractivity contribution in [3.8, 4) is 5.00 Å². The molecular formula is C18H23N3OS. The summed E-state index contributed by atoms with van der Waals surface area (Å²) in [7, 11) is 0. The number of aromatic nitrogens is 1. The van der Waals surface area contributed by atoms with E-state index in [0.29, 0.717) is 5.92 Å². The lowest BCUT2D eigenvalue weighted by Gasteiger charge is -2.34. The molecule has 0 N–H and O–H groups in total. The Labute approximate surface area is 141 Å². The second kappa shape index (κ2) is 6.51. The number of rotatable bonds is 5. The quantitative estimate of drug-likeness (QED) is 0.781. The first-order valence-corrected chi connectivity index (χ1v) is 9.21. The van der Waals surface area contributed by atoms with Crippen LogP contribution in [0.1, 0.15) is 18.5 Å². The van der Waals surface area contributed by atoms with E-state index in [2.05, 4.69) is 50.9 Å². The molecule has 0 saturated carbocycles. The second-order valence-corrected chi connectivity index (χ2v) is 7.24. The van der Waals surface area contributed by atoms with E-state index in [1.165, 1.54) is 29.2 Å². The van der Waals surface area contributed by atoms with E-state index in [9.17, 15) is 0 Å². The van der Waals surface area contributed by atoms with Crippen LogP contribution in [0.2, 0.25) is 0 Å². The molecule has 2 aromatic rings. The normalized spacial score (nSPS) is 18.7. The standard InChI is InChI=1S/C18H23N3OS/c1-2-8-19-10-5-15(6-11-19)14-22-21-13-16-4-3-9-20(16)18-17(21)7-12-23-18/h2-4,7,9,12,15H,1,5-6,8,10-11,13-14H2. The van der Waals surface area contributed by atoms with Gasteiger partial charge in [-0.05, 0) is 55.4 Å². The number of hydrogen-bond donors (Lipinski definition) is 0. The zero-order valence-corrected chi connectivity index (χ0v) is 14.2. The molecule has 0 atom stereocenters. The molecule has 0 aliphatic carbocycles. The average Bonchev–Trinajstić information content (AvgIpc) is 3.22. The second-order valence-electron chi connectivity index (χ2n) is 6.35. The smallest absolute Gasteiger partial charge is 0.126 e. The molecule has 23 heavy (non-hydrogen) atoms. The number of likely N-dealkylation sites (tertiary alicyclic amines) is 1. The van der Waals surface area contributed by atoms with Crippen LogP contribution in [0.3, 0.4) is 0 Å². The molecule has 1 fully saturated rings. The summed E-state index contributed by atoms with van der Waals surface area (Å²) >= 11 is 1.77. The molecule has 0 aromatic carbocycles. The monoisotopic (exact) mass is 329 g/mol. The third kappa shape index (κ3) is 2.96. The molecule has 122 valence electrons. The van der Waals surface area contributed by atoms with Crippen molar-refractivity contribution < 1.29 is 4.84 Å². The van der Waals surface area contributed by atoms with Gasteiger partial charge in [-0.25, -0.2) is 5.06 Å². The molecule has 1 saturated heterocycles. The van der Waals surface area contributed by atoms with Crippen molar-refractivity contribution in [2.75, 3.05) is 31.3 Å². The van der Waals surface area contributed by atoms with Crippen LogP contribution in [0.5, 0.6) is 0 Å². The van der Waals surface area contributed by atoms with E-state index in [4.69, 9.17) is 4.84 Å². The van der Waals surface area contributed by atoms with Crippen LogP contribution in [0.4, 0.5) is 5.69 Å². The molecule has 2 aromatic heterocycles. The minimum Gasteiger partial charge on any atom is -0.309 e. The number of fused-ring (bicyclic) bond motifs is 3. The van der Waals surface area contributed by atoms with Gasteiger partial charge in [0.25, 0.3) is 0 Å². The fraction of sp³-hybridized carbons (Fsp3) is 0.444. The molecule has 4 rings (SSSR count). The molecule has 5 heteroatoms. The Morgan fingerprint density at radius 3 is 3.00 bits per heavy atom. The Kier molecular flexibility index (Phi) is 4.25. The highest BCUT2D eigenvalue weighted by Crippen LogP contribution is 2.36. The van der Waals surface area contributed by atoms with E-state index < -0.39 is 0 Å². The van der Waals surface area contributed by atoms with Gasteiger partial charge < -0.3 is 4.57 Å². The van der Waals surface area contributed by atoms with Gasteiger partial charge in [-0.1, -0.05) is 6.08 Å². The van der Waals surface area contributed by atoms with E-state index in [1.807, 2.05) is 6.08 Å². The van der Waals surface area contributed by atoms with Gasteiger partial charge in [-0.15, -0.1) is 17.9 Å². The van der Waals surface area contributed by atoms with Gasteiger partial charge >= 0.3 is 0 Å². The Morgan fingerprint density at radius 2 is 2.17 bits per heavy atom. The summed E-state index contributed by atoms with van der Waals surface area (Å²) in [6.07, 6.45) is 6.57. The van der Waals surface area contributed by atoms with Gasteiger partial charge in [0.1, 0.15) is 5.00 Å². The maximum atomic E-state index is 6.22. The number of piperidine rings is 1. The van der Waals surface area contributed by atoms with E-state index in [-0.39, 0.29) is 0 Å². The minimum absolute atomic E-state index is 0.659. The fourth-order valence-corrected chi connectivity index (χ4v) is 4.38. The summed E-state index contributed by atoms with van der Waals surface area (Å²) in [5, 5.41) is 5.48. The molecule has 0 spiro atoms. The van der Waals surface area contributed by atoms with Crippen LogP contribution in [-0.4, -0.2) is 35.7 Å². The van der Waals surface area contributed by atoms with Gasteiger partial charge in [0, 0.05) is 18.4 Å². The first kappa shape index (κ1) is 15.0. The number of anilines is 1. The Hall–Kier alpha value is -1.56. The minimum atomic E-state index is 0.659. The average molecular weight is 329 g/mol. The number of thiophene rings is 1. The van der Waals surface area contributed by atoms with Gasteiger partial charge in [0.15, 0.2) is 0 Å². The van der Waals surface area contributed by atoms with Crippen LogP contribution in [-0.2, 0) is 11.4 Å². The molecular weight excluding hydrogens is 306 g/mol. The molecule has 0 bridgehead atoms. The summed E-state index contributed by atoms with van der Waals surface area (Å²) in [5.74, 6) is 0.659. The molecule has 2 aliphatic rings. The van der Waals surface area contributed by atoms with E-state index in [1.54, 1.807) is 11.3 Å². The Balaban J connectivity index is 1.37. The van der Waals surface area contributed by atoms with Crippen molar-refractivity contribution in [2.24, 2.45) is 5.92 Å². The SMILES string of the molecule is C=CCN1CCC(CON2Cc3cccn3-c3sccc32)CC1. The Bertz CT molecular complexity index is 669. The van der Waals surface area contributed by atoms with Crippen LogP contribution in [0.25, 0.3) is 5.00 Å². The first-order valence-electron chi connectivity index (χ1n) is 8.33. The lowest BCUT2D eigenvalue weighted by Crippen LogP contribution is -2.37. The predicted octanol–water partition coefficient (Wildman–Crippen LogP) is 3.69. The highest BCUT2D eigenvalue weighted by atomic mass is 32.1. The zero-order valence-electron chi connectivity index (χ0n) is 13.4. The summed E-state index contributed by atoms with van der Waals surface area (Å²) < 4.78 is 2.27. The van der Waals surface area contributed by atoms with Crippen LogP contribution in [0, 0.1) is 5.92 Å². The summed E-state index contributed by atoms with van der Waals surface area (Å²) in [6, 6.07) is 6.44. The van der Waals surface area contributed by atoms with Crippen molar-refractivity contribution in [1.82, 2.24) is 9.47 Å². The van der Waals surface area contributed by atoms with Crippen molar-refractivity contribution in [2.45, 2.75) is 19.4 Å². The van der Waals surface area contributed by atoms with Crippen LogP contribution >= 0.6 is 11.3 Å². The molecule has 4 nitrogen and oxygen atoms in total. The molecule has 4 heterocycles. The number of hydroxylamine groups is 1. The van der Waals surface area contributed by atoms with Gasteiger partial charge in [-0.3, -0.25) is 9.74 Å². The first-order chi connectivity index (χ1) is 11.3. The van der Waals surface area contributed by atoms with Crippen molar-refractivity contribution in [3.05, 3.63) is 48.1 Å². The van der Waals surface area contributed by atoms with Crippen LogP contribution in [0.15, 0.2) is 42.4 Å². The number of nitrogens with zero attached hydrogens (tertiary/aromatic N) is 3. The summed E-state index contributed by atoms with van der Waals surface area (Å²) in [5.41, 5.74) is 2.49. The zero-order chi connectivity index (χ0) is 15.6. The predicted molar refractivity (Wildman–Crippen MR) is 95.1 cm³/mol. The molecule has 0 radical (unpaired) electrons. The highest BCUT2D eigenvalue weighted by Gasteiger charge is 2.25. The summed E-state index contributed by atoms with van der Waals surface area (Å²) in [4.78, 5) is 8.68. The third-order valence-electron chi connectivity index (χ3n) is 4.81. The Morgan fingerprint density at radius 1 is 1.30 bits per heavy atom. The molecule has 0 unspecified atom stereocenters. The van der Waals surface area contributed by atoms with E-state index >= 15 is 0 Å². The molecule has 2 aliphatic heterocycles. The van der Waals surface area contributed by atoms with Gasteiger partial charge in [-0.2, -0.15) is 0 Å². The van der Waals surface area contributed by atoms with Crippen molar-refractivity contribution >= 4 is 17.0 Å². The lowest BCUT2D eigenvalue weighted by atomic mass is 9.98. The van der Waals surface area contributed by atoms with Crippen molar-refractivity contribution in [1.29, 1.82) is 0 Å². The third-order valence-corrected chi connectivity index (χ3v) is 5.71.